The summed E-state index contributed by atoms with van der Waals surface area (Å²) in [6.45, 7) is 0.799. The Morgan fingerprint density at radius 1 is 1.00 bits per heavy atom. The Bertz CT molecular complexity index is 1060. The fourth-order valence-electron chi connectivity index (χ4n) is 3.92. The highest BCUT2D eigenvalue weighted by Crippen LogP contribution is 2.55. The molecule has 1 saturated carbocycles. The Labute approximate surface area is 186 Å². The predicted molar refractivity (Wildman–Crippen MR) is 117 cm³/mol. The number of ether oxygens (including phenoxy) is 1. The van der Waals surface area contributed by atoms with Crippen LogP contribution in [-0.2, 0) is 29.2 Å². The van der Waals surface area contributed by atoms with E-state index in [2.05, 4.69) is 10.3 Å². The van der Waals surface area contributed by atoms with Gasteiger partial charge in [0.1, 0.15) is 12.4 Å². The highest BCUT2D eigenvalue weighted by molar-refractivity contribution is 5.95. The molecule has 0 spiro atoms. The summed E-state index contributed by atoms with van der Waals surface area (Å²) in [4.78, 5) is 29.2. The van der Waals surface area contributed by atoms with E-state index in [9.17, 15) is 9.59 Å². The maximum absolute atomic E-state index is 13.0. The van der Waals surface area contributed by atoms with E-state index < -0.39 is 17.2 Å². The van der Waals surface area contributed by atoms with Crippen LogP contribution in [0.25, 0.3) is 0 Å². The first-order valence-corrected chi connectivity index (χ1v) is 10.5. The molecular weight excluding hydrogens is 406 g/mol. The zero-order chi connectivity index (χ0) is 22.4. The molecule has 0 bridgehead atoms. The number of hydroxylamine groups is 1. The molecule has 7 heteroatoms. The molecule has 1 heterocycles. The van der Waals surface area contributed by atoms with Crippen LogP contribution in [0.4, 0.5) is 0 Å². The summed E-state index contributed by atoms with van der Waals surface area (Å²) in [5.74, 6) is -0.591. The second-order valence-electron chi connectivity index (χ2n) is 8.03. The minimum atomic E-state index is -0.887. The van der Waals surface area contributed by atoms with Crippen LogP contribution in [0.1, 0.15) is 23.1 Å². The zero-order valence-electron chi connectivity index (χ0n) is 17.5. The molecule has 164 valence electrons. The first-order chi connectivity index (χ1) is 15.6. The van der Waals surface area contributed by atoms with Crippen LogP contribution in [0.2, 0.25) is 0 Å². The van der Waals surface area contributed by atoms with E-state index in [4.69, 9.17) is 9.94 Å². The Kier molecular flexibility index (Phi) is 6.47. The molecule has 2 amide bonds. The van der Waals surface area contributed by atoms with Crippen LogP contribution in [0.15, 0.2) is 79.1 Å². The van der Waals surface area contributed by atoms with Crippen molar-refractivity contribution < 1.29 is 19.5 Å². The summed E-state index contributed by atoms with van der Waals surface area (Å²) >= 11 is 0. The molecule has 1 aliphatic rings. The minimum Gasteiger partial charge on any atom is -0.489 e. The normalized spacial score (nSPS) is 19.1. The van der Waals surface area contributed by atoms with Crippen molar-refractivity contribution in [3.8, 4) is 5.75 Å². The molecule has 1 unspecified atom stereocenters. The molecule has 0 radical (unpaired) electrons. The standard InChI is InChI=1S/C25H25N3O4/c29-23(28-31)22-14-25(22,24(30)27-16-20-7-4-12-26-15-20)13-18-8-10-21(11-9-18)32-17-19-5-2-1-3-6-19/h1-12,15,22,31H,13-14,16-17H2,(H,27,30)(H,28,29)/t22?,25-/m0/s1. The fraction of sp³-hybridized carbons (Fsp3) is 0.240. The Morgan fingerprint density at radius 3 is 2.44 bits per heavy atom. The average molecular weight is 431 g/mol. The number of hydrogen-bond acceptors (Lipinski definition) is 5. The molecule has 7 nitrogen and oxygen atoms in total. The summed E-state index contributed by atoms with van der Waals surface area (Å²) in [6.07, 6.45) is 4.13. The van der Waals surface area contributed by atoms with Crippen molar-refractivity contribution in [3.05, 3.63) is 95.8 Å². The van der Waals surface area contributed by atoms with E-state index >= 15 is 0 Å². The van der Waals surface area contributed by atoms with Crippen LogP contribution in [-0.4, -0.2) is 22.0 Å². The van der Waals surface area contributed by atoms with Crippen molar-refractivity contribution in [2.45, 2.75) is 26.0 Å². The molecule has 32 heavy (non-hydrogen) atoms. The number of carbonyl (C=O) groups excluding carboxylic acids is 2. The number of hydrogen-bond donors (Lipinski definition) is 3. The molecule has 0 saturated heterocycles. The first-order valence-electron chi connectivity index (χ1n) is 10.5. The van der Waals surface area contributed by atoms with Crippen molar-refractivity contribution in [1.82, 2.24) is 15.8 Å². The monoisotopic (exact) mass is 431 g/mol. The van der Waals surface area contributed by atoms with Gasteiger partial charge in [0.25, 0.3) is 0 Å². The third kappa shape index (κ3) is 4.95. The number of pyridine rings is 1. The lowest BCUT2D eigenvalue weighted by Gasteiger charge is -2.17. The van der Waals surface area contributed by atoms with Crippen LogP contribution in [0.5, 0.6) is 5.75 Å². The van der Waals surface area contributed by atoms with Crippen LogP contribution < -0.4 is 15.5 Å². The van der Waals surface area contributed by atoms with Gasteiger partial charge in [-0.25, -0.2) is 5.48 Å². The Morgan fingerprint density at radius 2 is 1.75 bits per heavy atom. The van der Waals surface area contributed by atoms with Gasteiger partial charge in [-0.1, -0.05) is 48.5 Å². The van der Waals surface area contributed by atoms with Gasteiger partial charge < -0.3 is 10.1 Å². The van der Waals surface area contributed by atoms with Gasteiger partial charge in [-0.15, -0.1) is 0 Å². The Hall–Kier alpha value is -3.71. The van der Waals surface area contributed by atoms with Crippen LogP contribution >= 0.6 is 0 Å². The molecule has 2 atom stereocenters. The summed E-state index contributed by atoms with van der Waals surface area (Å²) in [7, 11) is 0. The highest BCUT2D eigenvalue weighted by Gasteiger charge is 2.63. The van der Waals surface area contributed by atoms with E-state index in [1.807, 2.05) is 60.7 Å². The van der Waals surface area contributed by atoms with Gasteiger partial charge in [0.2, 0.25) is 11.8 Å². The average Bonchev–Trinajstić information content (AvgIpc) is 3.58. The maximum atomic E-state index is 13.0. The molecule has 0 aliphatic heterocycles. The quantitative estimate of drug-likeness (QED) is 0.357. The van der Waals surface area contributed by atoms with E-state index in [0.717, 1.165) is 22.4 Å². The second-order valence-corrected chi connectivity index (χ2v) is 8.03. The number of benzene rings is 2. The van der Waals surface area contributed by atoms with Crippen molar-refractivity contribution in [2.75, 3.05) is 0 Å². The number of rotatable bonds is 9. The molecule has 1 aromatic heterocycles. The van der Waals surface area contributed by atoms with Gasteiger partial charge in [0, 0.05) is 18.9 Å². The van der Waals surface area contributed by atoms with E-state index in [1.165, 1.54) is 0 Å². The lowest BCUT2D eigenvalue weighted by Crippen LogP contribution is -2.37. The number of nitrogens with one attached hydrogen (secondary N) is 2. The number of amides is 2. The fourth-order valence-corrected chi connectivity index (χ4v) is 3.92. The minimum absolute atomic E-state index is 0.209. The van der Waals surface area contributed by atoms with E-state index in [-0.39, 0.29) is 5.91 Å². The second kappa shape index (κ2) is 9.62. The summed E-state index contributed by atoms with van der Waals surface area (Å²) in [5, 5.41) is 12.0. The largest absolute Gasteiger partial charge is 0.489 e. The van der Waals surface area contributed by atoms with Crippen molar-refractivity contribution >= 4 is 11.8 Å². The van der Waals surface area contributed by atoms with Gasteiger partial charge in [-0.05, 0) is 47.7 Å². The van der Waals surface area contributed by atoms with Crippen LogP contribution in [0.3, 0.4) is 0 Å². The molecule has 1 fully saturated rings. The number of nitrogens with zero attached hydrogens (tertiary/aromatic N) is 1. The molecule has 3 N–H and O–H groups in total. The summed E-state index contributed by atoms with van der Waals surface area (Å²) in [5.41, 5.74) is 3.67. The molecule has 3 aromatic rings. The Balaban J connectivity index is 1.41. The SMILES string of the molecule is O=C(NO)C1C[C@]1(Cc1ccc(OCc2ccccc2)cc1)C(=O)NCc1cccnc1. The smallest absolute Gasteiger partial charge is 0.247 e. The van der Waals surface area contributed by atoms with E-state index in [1.54, 1.807) is 23.9 Å². The number of aromatic nitrogens is 1. The lowest BCUT2D eigenvalue weighted by atomic mass is 9.92. The van der Waals surface area contributed by atoms with Crippen LogP contribution in [0, 0.1) is 11.3 Å². The van der Waals surface area contributed by atoms with Gasteiger partial charge in [0.05, 0.1) is 11.3 Å². The highest BCUT2D eigenvalue weighted by atomic mass is 16.5. The van der Waals surface area contributed by atoms with E-state index in [0.29, 0.717) is 26.0 Å². The van der Waals surface area contributed by atoms with Crippen molar-refractivity contribution in [3.63, 3.8) is 0 Å². The summed E-state index contributed by atoms with van der Waals surface area (Å²) < 4.78 is 5.82. The topological polar surface area (TPSA) is 101 Å². The third-order valence-corrected chi connectivity index (χ3v) is 5.82. The summed E-state index contributed by atoms with van der Waals surface area (Å²) in [6, 6.07) is 21.1. The van der Waals surface area contributed by atoms with Gasteiger partial charge in [-0.2, -0.15) is 0 Å². The van der Waals surface area contributed by atoms with Gasteiger partial charge in [0.15, 0.2) is 0 Å². The lowest BCUT2D eigenvalue weighted by molar-refractivity contribution is -0.135. The first kappa shape index (κ1) is 21.5. The maximum Gasteiger partial charge on any atom is 0.247 e. The van der Waals surface area contributed by atoms with Gasteiger partial charge in [-0.3, -0.25) is 19.8 Å². The molecule has 4 rings (SSSR count). The zero-order valence-corrected chi connectivity index (χ0v) is 17.5. The van der Waals surface area contributed by atoms with Crippen molar-refractivity contribution in [1.29, 1.82) is 0 Å². The molecular formula is C25H25N3O4. The van der Waals surface area contributed by atoms with Gasteiger partial charge >= 0.3 is 0 Å². The predicted octanol–water partition coefficient (Wildman–Crippen LogP) is 3.03. The third-order valence-electron chi connectivity index (χ3n) is 5.82. The van der Waals surface area contributed by atoms with Crippen molar-refractivity contribution in [2.24, 2.45) is 11.3 Å². The number of carbonyl (C=O) groups is 2. The molecule has 1 aliphatic carbocycles. The molecule has 2 aromatic carbocycles.